The Morgan fingerprint density at radius 3 is 0.692 bits per heavy atom. The van der Waals surface area contributed by atoms with Gasteiger partial charge >= 0.3 is 16.8 Å². The van der Waals surface area contributed by atoms with Crippen molar-refractivity contribution in [2.75, 3.05) is 0 Å². The van der Waals surface area contributed by atoms with Gasteiger partial charge in [0.1, 0.15) is 0 Å². The normalized spacial score (nSPS) is 4.46. The maximum Gasteiger partial charge on any atom is 2.00 e. The molecule has 0 aromatic heterocycles. The second-order valence-corrected chi connectivity index (χ2v) is 1.22. The number of hydrogen-bond donors (Lipinski definition) is 1. The molecule has 0 unspecified atom stereocenters. The van der Waals surface area contributed by atoms with Crippen molar-refractivity contribution >= 4 is 10.4 Å². The molecular weight excluding hydrogens is 265 g/mol. The summed E-state index contributed by atoms with van der Waals surface area (Å²) in [5.41, 5.74) is 0. The summed E-state index contributed by atoms with van der Waals surface area (Å²) in [4.78, 5) is 0. The summed E-state index contributed by atoms with van der Waals surface area (Å²) in [5.74, 6) is 0. The predicted molar refractivity (Wildman–Crippen MR) is 38.1 cm³/mol. The van der Waals surface area contributed by atoms with E-state index in [1.165, 1.54) is 0 Å². The molecule has 0 saturated heterocycles. The topological polar surface area (TPSA) is 306 Å². The van der Waals surface area contributed by atoms with E-state index >= 15 is 0 Å². The van der Waals surface area contributed by atoms with E-state index in [2.05, 4.69) is 0 Å². The van der Waals surface area contributed by atoms with Crippen LogP contribution in [0.15, 0.2) is 0 Å². The SMILES string of the molecule is O.O.O.O.O.O.O=S(=O)([O-])[O-].[Co+2].[NH4+]. The van der Waals surface area contributed by atoms with Gasteiger partial charge in [0.25, 0.3) is 0 Å². The molecule has 0 rings (SSSR count). The molecule has 11 nitrogen and oxygen atoms in total. The summed E-state index contributed by atoms with van der Waals surface area (Å²) in [5, 5.41) is 0. The van der Waals surface area contributed by atoms with Gasteiger partial charge in [-0.15, -0.1) is 0 Å². The Kier molecular flexibility index (Phi) is 352. The molecule has 0 aliphatic heterocycles. The van der Waals surface area contributed by atoms with Gasteiger partial charge in [-0.05, 0) is 0 Å². The Hall–Kier alpha value is 0.0965. The van der Waals surface area contributed by atoms with Crippen LogP contribution < -0.4 is 6.15 Å². The van der Waals surface area contributed by atoms with Gasteiger partial charge in [0.2, 0.25) is 0 Å². The fraction of sp³-hybridized carbons (Fsp3) is 0. The van der Waals surface area contributed by atoms with Crippen molar-refractivity contribution in [3.8, 4) is 0 Å². The molecule has 1 radical (unpaired) electrons. The van der Waals surface area contributed by atoms with Crippen molar-refractivity contribution in [3.05, 3.63) is 0 Å². The van der Waals surface area contributed by atoms with E-state index in [0.717, 1.165) is 0 Å². The van der Waals surface area contributed by atoms with E-state index in [0.29, 0.717) is 0 Å². The largest absolute Gasteiger partial charge is 2.00 e. The fourth-order valence-electron chi connectivity index (χ4n) is 0. The van der Waals surface area contributed by atoms with Crippen LogP contribution in [-0.2, 0) is 27.2 Å². The molecule has 16 N–H and O–H groups in total. The molecule has 0 bridgehead atoms. The Balaban J connectivity index is -0.00000000286. The van der Waals surface area contributed by atoms with E-state index < -0.39 is 10.4 Å². The van der Waals surface area contributed by atoms with Gasteiger partial charge in [0.05, 0.1) is 0 Å². The van der Waals surface area contributed by atoms with Crippen LogP contribution in [0, 0.1) is 0 Å². The minimum atomic E-state index is -5.17. The first-order valence-electron chi connectivity index (χ1n) is 0.667. The molecule has 0 heterocycles. The van der Waals surface area contributed by atoms with Crippen LogP contribution in [0.2, 0.25) is 0 Å². The van der Waals surface area contributed by atoms with Crippen molar-refractivity contribution in [1.82, 2.24) is 6.15 Å². The summed E-state index contributed by atoms with van der Waals surface area (Å²) in [6, 6.07) is 0. The van der Waals surface area contributed by atoms with E-state index in [9.17, 15) is 0 Å². The molecule has 13 heteroatoms. The fourth-order valence-corrected chi connectivity index (χ4v) is 0. The quantitative estimate of drug-likeness (QED) is 0.334. The van der Waals surface area contributed by atoms with Gasteiger partial charge in [-0.1, -0.05) is 0 Å². The van der Waals surface area contributed by atoms with E-state index in [1.807, 2.05) is 0 Å². The predicted octanol–water partition coefficient (Wildman–Crippen LogP) is -5.91. The Bertz CT molecular complexity index is 98.1. The van der Waals surface area contributed by atoms with Crippen molar-refractivity contribution in [2.24, 2.45) is 0 Å². The molecule has 0 aliphatic carbocycles. The van der Waals surface area contributed by atoms with Gasteiger partial charge in [0, 0.05) is 10.4 Å². The van der Waals surface area contributed by atoms with Crippen LogP contribution in [0.1, 0.15) is 0 Å². The third-order valence-electron chi connectivity index (χ3n) is 0. The van der Waals surface area contributed by atoms with Gasteiger partial charge < -0.3 is 48.1 Å². The first kappa shape index (κ1) is 114. The average Bonchev–Trinajstić information content (AvgIpc) is 0.722. The monoisotopic (exact) mass is 281 g/mol. The summed E-state index contributed by atoms with van der Waals surface area (Å²) in [6.07, 6.45) is 0. The molecule has 95 valence electrons. The molecule has 0 spiro atoms. The molecule has 0 aromatic carbocycles. The second-order valence-electron chi connectivity index (χ2n) is 0.408. The maximum absolute atomic E-state index is 8.52. The molecule has 13 heavy (non-hydrogen) atoms. The molecule has 0 saturated carbocycles. The van der Waals surface area contributed by atoms with Crippen molar-refractivity contribution in [1.29, 1.82) is 0 Å². The molecule has 0 atom stereocenters. The maximum atomic E-state index is 8.52. The van der Waals surface area contributed by atoms with Gasteiger partial charge in [-0.2, -0.15) is 0 Å². The zero-order valence-corrected chi connectivity index (χ0v) is 8.23. The summed E-state index contributed by atoms with van der Waals surface area (Å²) in [7, 11) is -5.17. The number of quaternary nitrogens is 1. The first-order valence-corrected chi connectivity index (χ1v) is 2.00. The van der Waals surface area contributed by atoms with Gasteiger partial charge in [0.15, 0.2) is 0 Å². The Morgan fingerprint density at radius 1 is 0.692 bits per heavy atom. The minimum absolute atomic E-state index is 0. The van der Waals surface area contributed by atoms with E-state index in [4.69, 9.17) is 17.5 Å². The van der Waals surface area contributed by atoms with Crippen molar-refractivity contribution < 1.29 is 67.2 Å². The summed E-state index contributed by atoms with van der Waals surface area (Å²) < 4.78 is 34.1. The van der Waals surface area contributed by atoms with Crippen LogP contribution >= 0.6 is 0 Å². The molecule has 0 aliphatic rings. The van der Waals surface area contributed by atoms with Crippen LogP contribution in [0.25, 0.3) is 0 Å². The molecule has 0 amide bonds. The molecular formula is H16CoNO10S+. The minimum Gasteiger partial charge on any atom is -0.759 e. The number of rotatable bonds is 0. The number of hydrogen-bond acceptors (Lipinski definition) is 4. The summed E-state index contributed by atoms with van der Waals surface area (Å²) in [6.45, 7) is 0. The van der Waals surface area contributed by atoms with Gasteiger partial charge in [-0.3, -0.25) is 8.42 Å². The van der Waals surface area contributed by atoms with E-state index in [-0.39, 0.29) is 55.8 Å². The Labute approximate surface area is 84.3 Å². The standard InChI is InChI=1S/Co.H3N.H2O4S.6H2O/c;;1-5(2,3)4;;;;;;/h;1H3;(H2,1,2,3,4);6*1H2/q+2;;;;;;;;/p-1. The third kappa shape index (κ3) is 132000. The first-order chi connectivity index (χ1) is 2.00. The zero-order valence-electron chi connectivity index (χ0n) is 6.37. The van der Waals surface area contributed by atoms with Crippen molar-refractivity contribution in [3.63, 3.8) is 0 Å². The zero-order chi connectivity index (χ0) is 4.50. The third-order valence-corrected chi connectivity index (χ3v) is 0. The molecule has 0 aromatic rings. The van der Waals surface area contributed by atoms with Crippen LogP contribution in [0.3, 0.4) is 0 Å². The van der Waals surface area contributed by atoms with Crippen LogP contribution in [0.4, 0.5) is 0 Å². The smallest absolute Gasteiger partial charge is 0.759 e. The van der Waals surface area contributed by atoms with Crippen LogP contribution in [-0.4, -0.2) is 50.4 Å². The molecule has 0 fully saturated rings. The van der Waals surface area contributed by atoms with Gasteiger partial charge in [-0.25, -0.2) is 0 Å². The Morgan fingerprint density at radius 2 is 0.692 bits per heavy atom. The average molecular weight is 281 g/mol. The second kappa shape index (κ2) is 40.1. The summed E-state index contributed by atoms with van der Waals surface area (Å²) >= 11 is 0. The van der Waals surface area contributed by atoms with Crippen LogP contribution in [0.5, 0.6) is 0 Å². The van der Waals surface area contributed by atoms with Crippen molar-refractivity contribution in [2.45, 2.75) is 0 Å². The van der Waals surface area contributed by atoms with E-state index in [1.54, 1.807) is 0 Å².